The van der Waals surface area contributed by atoms with Crippen molar-refractivity contribution < 1.29 is 9.53 Å². The highest BCUT2D eigenvalue weighted by molar-refractivity contribution is 5.75. The first-order chi connectivity index (χ1) is 4.22. The van der Waals surface area contributed by atoms with Gasteiger partial charge >= 0.3 is 5.97 Å². The van der Waals surface area contributed by atoms with Crippen molar-refractivity contribution in [1.29, 1.82) is 0 Å². The highest BCUT2D eigenvalue weighted by Crippen LogP contribution is 1.83. The molecule has 0 aromatic carbocycles. The highest BCUT2D eigenvalue weighted by Gasteiger charge is 2.09. The molecule has 54 valence electrons. The zero-order valence-corrected chi connectivity index (χ0v) is 5.68. The van der Waals surface area contributed by atoms with Gasteiger partial charge in [-0.15, -0.1) is 0 Å². The Morgan fingerprint density at radius 1 is 1.89 bits per heavy atom. The molecule has 0 aliphatic rings. The molecule has 0 fully saturated rings. The third-order valence-corrected chi connectivity index (χ3v) is 0.890. The van der Waals surface area contributed by atoms with Gasteiger partial charge in [-0.3, -0.25) is 10.6 Å². The van der Waals surface area contributed by atoms with Crippen LogP contribution in [0.2, 0.25) is 0 Å². The molecule has 0 aromatic heterocycles. The molecule has 4 nitrogen and oxygen atoms in total. The summed E-state index contributed by atoms with van der Waals surface area (Å²) in [7, 11) is 0. The molecule has 0 spiro atoms. The monoisotopic (exact) mass is 132 g/mol. The Labute approximate surface area is 54.3 Å². The van der Waals surface area contributed by atoms with Gasteiger partial charge in [0.25, 0.3) is 0 Å². The summed E-state index contributed by atoms with van der Waals surface area (Å²) in [5.41, 5.74) is 2.27. The zero-order chi connectivity index (χ0) is 7.28. The van der Waals surface area contributed by atoms with Gasteiger partial charge in [0.1, 0.15) is 6.04 Å². The topological polar surface area (TPSA) is 64.3 Å². The molecule has 0 unspecified atom stereocenters. The smallest absolute Gasteiger partial charge is 0.324 e. The first-order valence-corrected chi connectivity index (χ1v) is 2.85. The highest BCUT2D eigenvalue weighted by atomic mass is 16.5. The minimum Gasteiger partial charge on any atom is -0.465 e. The molecular formula is C5H12N2O2. The summed E-state index contributed by atoms with van der Waals surface area (Å²) in [6, 6.07) is -0.412. The molecule has 4 heteroatoms. The number of hydrogen-bond acceptors (Lipinski definition) is 4. The van der Waals surface area contributed by atoms with Gasteiger partial charge in [0.2, 0.25) is 0 Å². The molecule has 0 amide bonds. The van der Waals surface area contributed by atoms with Gasteiger partial charge in [0.05, 0.1) is 6.61 Å². The number of esters is 1. The fraction of sp³-hybridized carbons (Fsp3) is 0.800. The number of ether oxygens (including phenoxy) is 1. The van der Waals surface area contributed by atoms with Crippen molar-refractivity contribution in [3.05, 3.63) is 0 Å². The summed E-state index contributed by atoms with van der Waals surface area (Å²) in [5.74, 6) is 4.63. The second-order valence-corrected chi connectivity index (χ2v) is 1.64. The second-order valence-electron chi connectivity index (χ2n) is 1.64. The van der Waals surface area contributed by atoms with E-state index < -0.39 is 6.04 Å². The predicted octanol–water partition coefficient (Wildman–Crippen LogP) is -0.599. The summed E-state index contributed by atoms with van der Waals surface area (Å²) in [5, 5.41) is 0. The van der Waals surface area contributed by atoms with Crippen LogP contribution < -0.4 is 11.3 Å². The first kappa shape index (κ1) is 8.39. The predicted molar refractivity (Wildman–Crippen MR) is 33.4 cm³/mol. The van der Waals surface area contributed by atoms with Crippen molar-refractivity contribution in [3.63, 3.8) is 0 Å². The van der Waals surface area contributed by atoms with E-state index in [4.69, 9.17) is 5.84 Å². The number of carbonyl (C=O) groups excluding carboxylic acids is 1. The third kappa shape index (κ3) is 3.05. The molecule has 0 bridgehead atoms. The molecule has 0 aliphatic carbocycles. The quantitative estimate of drug-likeness (QED) is 0.306. The van der Waals surface area contributed by atoms with Crippen LogP contribution in [0.15, 0.2) is 0 Å². The van der Waals surface area contributed by atoms with Crippen LogP contribution in [-0.2, 0) is 9.53 Å². The summed E-state index contributed by atoms with van der Waals surface area (Å²) >= 11 is 0. The fourth-order valence-corrected chi connectivity index (χ4v) is 0.335. The average Bonchev–Trinajstić information content (AvgIpc) is 1.87. The molecule has 9 heavy (non-hydrogen) atoms. The SMILES string of the molecule is CCOC(=O)[C@@H](C)NN. The van der Waals surface area contributed by atoms with Crippen LogP contribution >= 0.6 is 0 Å². The zero-order valence-electron chi connectivity index (χ0n) is 5.68. The normalized spacial score (nSPS) is 12.8. The average molecular weight is 132 g/mol. The Morgan fingerprint density at radius 2 is 2.44 bits per heavy atom. The molecule has 0 aromatic rings. The van der Waals surface area contributed by atoms with Crippen molar-refractivity contribution >= 4 is 5.97 Å². The van der Waals surface area contributed by atoms with E-state index in [1.807, 2.05) is 0 Å². The van der Waals surface area contributed by atoms with E-state index in [9.17, 15) is 4.79 Å². The summed E-state index contributed by atoms with van der Waals surface area (Å²) < 4.78 is 4.61. The number of rotatable bonds is 3. The molecule has 1 atom stereocenters. The molecular weight excluding hydrogens is 120 g/mol. The number of hydrazine groups is 1. The Morgan fingerprint density at radius 3 is 2.78 bits per heavy atom. The largest absolute Gasteiger partial charge is 0.465 e. The number of carbonyl (C=O) groups is 1. The minimum atomic E-state index is -0.412. The maximum Gasteiger partial charge on any atom is 0.324 e. The molecule has 0 radical (unpaired) electrons. The van der Waals surface area contributed by atoms with Crippen LogP contribution in [0.4, 0.5) is 0 Å². The van der Waals surface area contributed by atoms with Gasteiger partial charge in [-0.1, -0.05) is 0 Å². The van der Waals surface area contributed by atoms with E-state index in [0.717, 1.165) is 0 Å². The van der Waals surface area contributed by atoms with Gasteiger partial charge in [-0.2, -0.15) is 0 Å². The van der Waals surface area contributed by atoms with Crippen LogP contribution in [0.5, 0.6) is 0 Å². The van der Waals surface area contributed by atoms with E-state index in [-0.39, 0.29) is 5.97 Å². The van der Waals surface area contributed by atoms with E-state index in [0.29, 0.717) is 6.61 Å². The molecule has 0 heterocycles. The lowest BCUT2D eigenvalue weighted by Gasteiger charge is -2.07. The van der Waals surface area contributed by atoms with Crippen molar-refractivity contribution in [2.45, 2.75) is 19.9 Å². The molecule has 0 saturated heterocycles. The Hall–Kier alpha value is -0.610. The van der Waals surface area contributed by atoms with E-state index in [1.54, 1.807) is 13.8 Å². The molecule has 0 saturated carbocycles. The molecule has 3 N–H and O–H groups in total. The summed E-state index contributed by atoms with van der Waals surface area (Å²) in [4.78, 5) is 10.6. The minimum absolute atomic E-state index is 0.319. The van der Waals surface area contributed by atoms with Gasteiger partial charge in [-0.25, -0.2) is 5.43 Å². The number of nitrogens with two attached hydrogens (primary N) is 1. The van der Waals surface area contributed by atoms with Gasteiger partial charge in [-0.05, 0) is 13.8 Å². The number of nitrogens with one attached hydrogen (secondary N) is 1. The van der Waals surface area contributed by atoms with E-state index >= 15 is 0 Å². The summed E-state index contributed by atoms with van der Waals surface area (Å²) in [6.07, 6.45) is 0. The van der Waals surface area contributed by atoms with E-state index in [1.165, 1.54) is 0 Å². The number of hydrogen-bond donors (Lipinski definition) is 2. The van der Waals surface area contributed by atoms with Crippen LogP contribution in [0.25, 0.3) is 0 Å². The van der Waals surface area contributed by atoms with E-state index in [2.05, 4.69) is 10.2 Å². The van der Waals surface area contributed by atoms with Crippen LogP contribution in [-0.4, -0.2) is 18.6 Å². The van der Waals surface area contributed by atoms with Crippen molar-refractivity contribution in [2.24, 2.45) is 5.84 Å². The Bertz CT molecular complexity index is 95.0. The lowest BCUT2D eigenvalue weighted by molar-refractivity contribution is -0.145. The maximum atomic E-state index is 10.6. The van der Waals surface area contributed by atoms with Gasteiger partial charge in [0, 0.05) is 0 Å². The first-order valence-electron chi connectivity index (χ1n) is 2.85. The molecule has 0 rings (SSSR count). The maximum absolute atomic E-state index is 10.6. The summed E-state index contributed by atoms with van der Waals surface area (Å²) in [6.45, 7) is 3.78. The van der Waals surface area contributed by atoms with Gasteiger partial charge < -0.3 is 4.74 Å². The van der Waals surface area contributed by atoms with Gasteiger partial charge in [0.15, 0.2) is 0 Å². The van der Waals surface area contributed by atoms with Crippen LogP contribution in [0.3, 0.4) is 0 Å². The lowest BCUT2D eigenvalue weighted by atomic mass is 10.4. The molecule has 0 aliphatic heterocycles. The van der Waals surface area contributed by atoms with Crippen LogP contribution in [0, 0.1) is 0 Å². The fourth-order valence-electron chi connectivity index (χ4n) is 0.335. The van der Waals surface area contributed by atoms with Crippen LogP contribution in [0.1, 0.15) is 13.8 Å². The Kier molecular flexibility index (Phi) is 4.00. The Balaban J connectivity index is 3.46. The third-order valence-electron chi connectivity index (χ3n) is 0.890. The van der Waals surface area contributed by atoms with Crippen molar-refractivity contribution in [1.82, 2.24) is 5.43 Å². The lowest BCUT2D eigenvalue weighted by Crippen LogP contribution is -2.39. The van der Waals surface area contributed by atoms with Crippen molar-refractivity contribution in [2.75, 3.05) is 6.61 Å². The second kappa shape index (κ2) is 4.29. The van der Waals surface area contributed by atoms with Crippen molar-refractivity contribution in [3.8, 4) is 0 Å². The standard InChI is InChI=1S/C5H12N2O2/c1-3-9-5(8)4(2)7-6/h4,7H,3,6H2,1-2H3/t4-/m1/s1.